The van der Waals surface area contributed by atoms with Crippen LogP contribution in [0.5, 0.6) is 0 Å². The third-order valence-electron chi connectivity index (χ3n) is 2.57. The molecule has 4 heteroatoms. The van der Waals surface area contributed by atoms with Crippen LogP contribution in [0.15, 0.2) is 0 Å². The summed E-state index contributed by atoms with van der Waals surface area (Å²) < 4.78 is 5.02. The third kappa shape index (κ3) is 2.50. The predicted octanol–water partition coefficient (Wildman–Crippen LogP) is 2.00. The van der Waals surface area contributed by atoms with Gasteiger partial charge in [-0.15, -0.1) is 0 Å². The van der Waals surface area contributed by atoms with Crippen LogP contribution in [-0.4, -0.2) is 23.4 Å². The molecule has 0 unspecified atom stereocenters. The molecule has 0 radical (unpaired) electrons. The van der Waals surface area contributed by atoms with E-state index in [9.17, 15) is 9.59 Å². The van der Waals surface area contributed by atoms with E-state index in [0.29, 0.717) is 12.4 Å². The van der Waals surface area contributed by atoms with Crippen molar-refractivity contribution in [3.8, 4) is 0 Å². The van der Waals surface area contributed by atoms with Crippen molar-refractivity contribution >= 4 is 22.8 Å². The maximum Gasteiger partial charge on any atom is 0.312 e. The Morgan fingerprint density at radius 3 is 2.43 bits per heavy atom. The molecular formula is C10H16O3S. The Kier molecular flexibility index (Phi) is 3.98. The van der Waals surface area contributed by atoms with Gasteiger partial charge in [0.05, 0.1) is 12.0 Å². The zero-order chi connectivity index (χ0) is 10.6. The van der Waals surface area contributed by atoms with Crippen LogP contribution in [0.2, 0.25) is 0 Å². The van der Waals surface area contributed by atoms with Gasteiger partial charge in [-0.25, -0.2) is 0 Å². The van der Waals surface area contributed by atoms with E-state index in [1.54, 1.807) is 0 Å². The Morgan fingerprint density at radius 1 is 1.43 bits per heavy atom. The summed E-state index contributed by atoms with van der Waals surface area (Å²) in [7, 11) is 0. The van der Waals surface area contributed by atoms with Crippen molar-refractivity contribution in [3.05, 3.63) is 0 Å². The molecule has 14 heavy (non-hydrogen) atoms. The van der Waals surface area contributed by atoms with Gasteiger partial charge in [-0.05, 0) is 19.8 Å². The zero-order valence-electron chi connectivity index (χ0n) is 8.67. The molecule has 1 saturated carbocycles. The third-order valence-corrected chi connectivity index (χ3v) is 3.67. The van der Waals surface area contributed by atoms with E-state index in [4.69, 9.17) is 4.74 Å². The minimum absolute atomic E-state index is 0.0700. The van der Waals surface area contributed by atoms with Crippen molar-refractivity contribution < 1.29 is 14.3 Å². The van der Waals surface area contributed by atoms with E-state index in [1.807, 2.05) is 6.92 Å². The highest BCUT2D eigenvalue weighted by molar-refractivity contribution is 8.13. The monoisotopic (exact) mass is 216 g/mol. The van der Waals surface area contributed by atoms with Gasteiger partial charge in [-0.3, -0.25) is 9.59 Å². The smallest absolute Gasteiger partial charge is 0.312 e. The fraction of sp³-hybridized carbons (Fsp3) is 0.800. The van der Waals surface area contributed by atoms with Gasteiger partial charge in [-0.2, -0.15) is 0 Å². The van der Waals surface area contributed by atoms with E-state index in [1.165, 1.54) is 18.7 Å². The van der Waals surface area contributed by atoms with Gasteiger partial charge in [-0.1, -0.05) is 18.2 Å². The van der Waals surface area contributed by atoms with E-state index >= 15 is 0 Å². The van der Waals surface area contributed by atoms with Crippen LogP contribution in [0.3, 0.4) is 0 Å². The van der Waals surface area contributed by atoms with Crippen molar-refractivity contribution in [2.24, 2.45) is 5.41 Å². The first-order valence-electron chi connectivity index (χ1n) is 4.91. The lowest BCUT2D eigenvalue weighted by atomic mass is 9.70. The second-order valence-electron chi connectivity index (χ2n) is 3.63. The van der Waals surface area contributed by atoms with Gasteiger partial charge in [0, 0.05) is 12.7 Å². The van der Waals surface area contributed by atoms with Crippen LogP contribution >= 0.6 is 11.8 Å². The van der Waals surface area contributed by atoms with Crippen LogP contribution < -0.4 is 0 Å². The van der Waals surface area contributed by atoms with Crippen LogP contribution in [0.4, 0.5) is 0 Å². The Hall–Kier alpha value is -0.510. The second kappa shape index (κ2) is 4.82. The summed E-state index contributed by atoms with van der Waals surface area (Å²) in [5.74, 6) is 0.459. The molecule has 0 spiro atoms. The van der Waals surface area contributed by atoms with Gasteiger partial charge < -0.3 is 4.74 Å². The molecule has 1 aliphatic rings. The number of ether oxygens (including phenoxy) is 1. The van der Waals surface area contributed by atoms with Crippen LogP contribution in [-0.2, 0) is 14.3 Å². The zero-order valence-corrected chi connectivity index (χ0v) is 9.49. The van der Waals surface area contributed by atoms with E-state index < -0.39 is 0 Å². The first kappa shape index (κ1) is 11.6. The Morgan fingerprint density at radius 2 is 2.07 bits per heavy atom. The standard InChI is InChI=1S/C10H16O3S/c1-3-13-9(12)10(5-4-6-10)7-14-8(2)11/h3-7H2,1-2H3. The maximum atomic E-state index is 11.6. The molecule has 0 heterocycles. The van der Waals surface area contributed by atoms with Crippen molar-refractivity contribution in [3.63, 3.8) is 0 Å². The molecular weight excluding hydrogens is 200 g/mol. The quantitative estimate of drug-likeness (QED) is 0.674. The molecule has 0 aromatic carbocycles. The minimum Gasteiger partial charge on any atom is -0.466 e. The van der Waals surface area contributed by atoms with Gasteiger partial charge in [0.2, 0.25) is 0 Å². The first-order valence-corrected chi connectivity index (χ1v) is 5.90. The Labute approximate surface area is 88.6 Å². The predicted molar refractivity (Wildman–Crippen MR) is 56.1 cm³/mol. The average molecular weight is 216 g/mol. The summed E-state index contributed by atoms with van der Waals surface area (Å²) in [6.07, 6.45) is 2.80. The molecule has 0 aliphatic heterocycles. The molecule has 3 nitrogen and oxygen atoms in total. The van der Waals surface area contributed by atoms with Gasteiger partial charge >= 0.3 is 5.97 Å². The van der Waals surface area contributed by atoms with Crippen LogP contribution in [0.25, 0.3) is 0 Å². The van der Waals surface area contributed by atoms with Crippen LogP contribution in [0, 0.1) is 5.41 Å². The summed E-state index contributed by atoms with van der Waals surface area (Å²) in [5.41, 5.74) is -0.355. The normalized spacial score (nSPS) is 18.4. The molecule has 0 aromatic heterocycles. The lowest BCUT2D eigenvalue weighted by Crippen LogP contribution is -2.41. The molecule has 1 rings (SSSR count). The van der Waals surface area contributed by atoms with Crippen molar-refractivity contribution in [2.75, 3.05) is 12.4 Å². The Bertz CT molecular complexity index is 234. The first-order chi connectivity index (χ1) is 6.60. The van der Waals surface area contributed by atoms with E-state index in [2.05, 4.69) is 0 Å². The fourth-order valence-electron chi connectivity index (χ4n) is 1.53. The SMILES string of the molecule is CCOC(=O)C1(CSC(C)=O)CCC1. The maximum absolute atomic E-state index is 11.6. The molecule has 0 bridgehead atoms. The van der Waals surface area contributed by atoms with E-state index in [0.717, 1.165) is 19.3 Å². The van der Waals surface area contributed by atoms with Gasteiger partial charge in [0.25, 0.3) is 0 Å². The molecule has 0 aromatic rings. The highest BCUT2D eigenvalue weighted by Crippen LogP contribution is 2.44. The summed E-state index contributed by atoms with van der Waals surface area (Å²) in [4.78, 5) is 22.4. The number of thioether (sulfide) groups is 1. The average Bonchev–Trinajstić information content (AvgIpc) is 2.02. The Balaban J connectivity index is 2.48. The van der Waals surface area contributed by atoms with Crippen molar-refractivity contribution in [1.82, 2.24) is 0 Å². The lowest BCUT2D eigenvalue weighted by molar-refractivity contribution is -0.158. The van der Waals surface area contributed by atoms with Gasteiger partial charge in [0.15, 0.2) is 5.12 Å². The molecule has 1 aliphatic carbocycles. The van der Waals surface area contributed by atoms with E-state index in [-0.39, 0.29) is 16.5 Å². The number of carbonyl (C=O) groups is 2. The summed E-state index contributed by atoms with van der Waals surface area (Å²) in [6.45, 7) is 3.76. The topological polar surface area (TPSA) is 43.4 Å². The number of carbonyl (C=O) groups excluding carboxylic acids is 2. The van der Waals surface area contributed by atoms with Crippen molar-refractivity contribution in [2.45, 2.75) is 33.1 Å². The molecule has 80 valence electrons. The number of hydrogen-bond acceptors (Lipinski definition) is 4. The summed E-state index contributed by atoms with van der Waals surface area (Å²) >= 11 is 1.23. The molecule has 0 atom stereocenters. The number of esters is 1. The largest absolute Gasteiger partial charge is 0.466 e. The molecule has 1 fully saturated rings. The molecule has 0 saturated heterocycles. The summed E-state index contributed by atoms with van der Waals surface area (Å²) in [5, 5.41) is 0.0700. The van der Waals surface area contributed by atoms with Crippen molar-refractivity contribution in [1.29, 1.82) is 0 Å². The number of hydrogen-bond donors (Lipinski definition) is 0. The minimum atomic E-state index is -0.355. The molecule has 0 amide bonds. The lowest BCUT2D eigenvalue weighted by Gasteiger charge is -2.38. The molecule has 0 N–H and O–H groups in total. The second-order valence-corrected chi connectivity index (χ2v) is 4.79. The highest BCUT2D eigenvalue weighted by Gasteiger charge is 2.45. The highest BCUT2D eigenvalue weighted by atomic mass is 32.2. The van der Waals surface area contributed by atoms with Crippen LogP contribution in [0.1, 0.15) is 33.1 Å². The fourth-order valence-corrected chi connectivity index (χ4v) is 2.42. The number of rotatable bonds is 4. The summed E-state index contributed by atoms with van der Waals surface area (Å²) in [6, 6.07) is 0. The van der Waals surface area contributed by atoms with Gasteiger partial charge in [0.1, 0.15) is 0 Å².